The predicted molar refractivity (Wildman–Crippen MR) is 105 cm³/mol. The number of aliphatic hydroxyl groups is 1. The van der Waals surface area contributed by atoms with Crippen molar-refractivity contribution >= 4 is 11.7 Å². The summed E-state index contributed by atoms with van der Waals surface area (Å²) in [4.78, 5) is 15.9. The molecule has 3 aromatic rings. The van der Waals surface area contributed by atoms with E-state index in [9.17, 15) is 9.18 Å². The molecule has 0 spiro atoms. The Morgan fingerprint density at radius 3 is 2.15 bits per heavy atom. The third-order valence-corrected chi connectivity index (χ3v) is 3.77. The summed E-state index contributed by atoms with van der Waals surface area (Å²) in [6, 6.07) is 17.5. The molecule has 27 heavy (non-hydrogen) atoms. The van der Waals surface area contributed by atoms with Crippen LogP contribution in [0.1, 0.15) is 5.56 Å². The number of nitrogens with zero attached hydrogens (tertiary/aromatic N) is 1. The van der Waals surface area contributed by atoms with E-state index in [4.69, 9.17) is 5.11 Å². The van der Waals surface area contributed by atoms with Crippen molar-refractivity contribution in [2.75, 3.05) is 19.0 Å². The van der Waals surface area contributed by atoms with Gasteiger partial charge in [-0.3, -0.25) is 4.98 Å². The van der Waals surface area contributed by atoms with E-state index in [0.717, 1.165) is 29.5 Å². The quantitative estimate of drug-likeness (QED) is 0.641. The fourth-order valence-electron chi connectivity index (χ4n) is 2.44. The molecule has 0 bridgehead atoms. The van der Waals surface area contributed by atoms with Crippen molar-refractivity contribution in [1.29, 1.82) is 0 Å². The van der Waals surface area contributed by atoms with Gasteiger partial charge in [0.25, 0.3) is 0 Å². The second-order valence-electron chi connectivity index (χ2n) is 5.57. The van der Waals surface area contributed by atoms with E-state index >= 15 is 0 Å². The average molecular weight is 367 g/mol. The maximum atomic E-state index is 12.8. The van der Waals surface area contributed by atoms with Gasteiger partial charge in [0.15, 0.2) is 0 Å². The lowest BCUT2D eigenvalue weighted by molar-refractivity contribution is 0.252. The third kappa shape index (κ3) is 6.52. The fraction of sp³-hybridized carbons (Fsp3) is 0.143. The summed E-state index contributed by atoms with van der Waals surface area (Å²) in [6.45, 7) is 0.479. The Hall–Kier alpha value is -3.25. The number of rotatable bonds is 5. The Morgan fingerprint density at radius 2 is 1.52 bits per heavy atom. The van der Waals surface area contributed by atoms with Gasteiger partial charge in [0.2, 0.25) is 0 Å². The average Bonchev–Trinajstić information content (AvgIpc) is 2.72. The minimum atomic E-state index is -0.265. The molecular weight excluding hydrogens is 345 g/mol. The first-order valence-corrected chi connectivity index (χ1v) is 8.45. The molecule has 3 N–H and O–H groups in total. The first-order chi connectivity index (χ1) is 13.2. The third-order valence-electron chi connectivity index (χ3n) is 3.77. The molecule has 2 amide bonds. The van der Waals surface area contributed by atoms with E-state index in [-0.39, 0.29) is 11.8 Å². The van der Waals surface area contributed by atoms with E-state index in [2.05, 4.69) is 15.6 Å². The summed E-state index contributed by atoms with van der Waals surface area (Å²) in [5.74, 6) is -0.260. The summed E-state index contributed by atoms with van der Waals surface area (Å²) in [5, 5.41) is 12.6. The summed E-state index contributed by atoms with van der Waals surface area (Å²) < 4.78 is 12.8. The van der Waals surface area contributed by atoms with Crippen molar-refractivity contribution in [3.63, 3.8) is 0 Å². The molecular formula is C21H22FN3O2. The lowest BCUT2D eigenvalue weighted by Gasteiger charge is -2.09. The highest BCUT2D eigenvalue weighted by Crippen LogP contribution is 2.20. The molecule has 0 aliphatic carbocycles. The van der Waals surface area contributed by atoms with E-state index < -0.39 is 0 Å². The fourth-order valence-corrected chi connectivity index (χ4v) is 2.44. The largest absolute Gasteiger partial charge is 0.400 e. The second-order valence-corrected chi connectivity index (χ2v) is 5.57. The van der Waals surface area contributed by atoms with Gasteiger partial charge in [-0.25, -0.2) is 9.18 Å². The number of hydrogen-bond donors (Lipinski definition) is 3. The highest BCUT2D eigenvalue weighted by atomic mass is 19.1. The van der Waals surface area contributed by atoms with Gasteiger partial charge in [-0.05, 0) is 59.5 Å². The Morgan fingerprint density at radius 1 is 0.926 bits per heavy atom. The molecule has 0 atom stereocenters. The van der Waals surface area contributed by atoms with E-state index in [1.807, 2.05) is 36.4 Å². The highest BCUT2D eigenvalue weighted by Gasteiger charge is 2.03. The number of carbonyl (C=O) groups is 1. The van der Waals surface area contributed by atoms with Crippen LogP contribution < -0.4 is 10.6 Å². The summed E-state index contributed by atoms with van der Waals surface area (Å²) in [7, 11) is 1.00. The lowest BCUT2D eigenvalue weighted by Crippen LogP contribution is -2.30. The number of halogens is 1. The van der Waals surface area contributed by atoms with Crippen LogP contribution >= 0.6 is 0 Å². The number of hydrogen-bond acceptors (Lipinski definition) is 3. The van der Waals surface area contributed by atoms with Gasteiger partial charge < -0.3 is 15.7 Å². The second kappa shape index (κ2) is 10.7. The molecule has 0 saturated carbocycles. The molecule has 0 unspecified atom stereocenters. The molecule has 0 aliphatic heterocycles. The van der Waals surface area contributed by atoms with Crippen molar-refractivity contribution in [3.8, 4) is 11.1 Å². The number of anilines is 1. The molecule has 1 aromatic heterocycles. The van der Waals surface area contributed by atoms with Crippen molar-refractivity contribution in [2.24, 2.45) is 0 Å². The van der Waals surface area contributed by atoms with Crippen molar-refractivity contribution in [3.05, 3.63) is 84.4 Å². The van der Waals surface area contributed by atoms with Gasteiger partial charge >= 0.3 is 6.03 Å². The minimum absolute atomic E-state index is 0.260. The van der Waals surface area contributed by atoms with Gasteiger partial charge in [0, 0.05) is 31.7 Å². The monoisotopic (exact) mass is 367 g/mol. The minimum Gasteiger partial charge on any atom is -0.400 e. The number of aromatic nitrogens is 1. The topological polar surface area (TPSA) is 74.2 Å². The highest BCUT2D eigenvalue weighted by molar-refractivity contribution is 5.89. The molecule has 0 saturated heterocycles. The predicted octanol–water partition coefficient (Wildman–Crippen LogP) is 3.86. The zero-order chi connectivity index (χ0) is 19.5. The van der Waals surface area contributed by atoms with Crippen molar-refractivity contribution in [2.45, 2.75) is 6.42 Å². The lowest BCUT2D eigenvalue weighted by atomic mass is 10.1. The van der Waals surface area contributed by atoms with Gasteiger partial charge in [0.1, 0.15) is 5.82 Å². The zero-order valence-corrected chi connectivity index (χ0v) is 15.0. The number of benzene rings is 2. The van der Waals surface area contributed by atoms with Gasteiger partial charge in [-0.1, -0.05) is 24.3 Å². The number of aliphatic hydroxyl groups excluding tert-OH is 1. The Bertz CT molecular complexity index is 822. The van der Waals surface area contributed by atoms with E-state index in [1.165, 1.54) is 12.1 Å². The number of nitrogens with one attached hydrogen (secondary N) is 2. The Balaban J connectivity index is 0.00000126. The number of carbonyl (C=O) groups excluding carboxylic acids is 1. The van der Waals surface area contributed by atoms with Crippen LogP contribution in [-0.4, -0.2) is 29.8 Å². The molecule has 0 radical (unpaired) electrons. The van der Waals surface area contributed by atoms with Crippen LogP contribution in [-0.2, 0) is 6.42 Å². The van der Waals surface area contributed by atoms with E-state index in [0.29, 0.717) is 13.0 Å². The van der Waals surface area contributed by atoms with Crippen LogP contribution in [0.2, 0.25) is 0 Å². The molecule has 0 aliphatic rings. The SMILES string of the molecule is CO.O=C(NCCc1ccc(F)cc1)Nc1ccc(-c2ccncc2)cc1. The molecule has 5 nitrogen and oxygen atoms in total. The van der Waals surface area contributed by atoms with Gasteiger partial charge in [-0.2, -0.15) is 0 Å². The molecule has 2 aromatic carbocycles. The van der Waals surface area contributed by atoms with Crippen LogP contribution in [0.25, 0.3) is 11.1 Å². The van der Waals surface area contributed by atoms with Gasteiger partial charge in [-0.15, -0.1) is 0 Å². The molecule has 0 fully saturated rings. The van der Waals surface area contributed by atoms with Crippen LogP contribution in [0.4, 0.5) is 14.9 Å². The Labute approximate surface area is 157 Å². The standard InChI is InChI=1S/C20H18FN3O.CH4O/c21-18-5-1-15(2-6-18)9-14-23-20(25)24-19-7-3-16(4-8-19)17-10-12-22-13-11-17;1-2/h1-8,10-13H,9,14H2,(H2,23,24,25);2H,1H3. The zero-order valence-electron chi connectivity index (χ0n) is 15.0. The molecule has 1 heterocycles. The summed E-state index contributed by atoms with van der Waals surface area (Å²) in [5.41, 5.74) is 3.83. The van der Waals surface area contributed by atoms with Crippen molar-refractivity contribution in [1.82, 2.24) is 10.3 Å². The number of pyridine rings is 1. The summed E-state index contributed by atoms with van der Waals surface area (Å²) in [6.07, 6.45) is 4.14. The Kier molecular flexibility index (Phi) is 7.93. The summed E-state index contributed by atoms with van der Waals surface area (Å²) >= 11 is 0. The van der Waals surface area contributed by atoms with E-state index in [1.54, 1.807) is 24.5 Å². The van der Waals surface area contributed by atoms with Crippen LogP contribution in [0.5, 0.6) is 0 Å². The van der Waals surface area contributed by atoms with Crippen LogP contribution in [0.15, 0.2) is 73.1 Å². The number of amides is 2. The maximum Gasteiger partial charge on any atom is 0.319 e. The number of urea groups is 1. The van der Waals surface area contributed by atoms with Gasteiger partial charge in [0.05, 0.1) is 0 Å². The molecule has 6 heteroatoms. The maximum absolute atomic E-state index is 12.8. The first-order valence-electron chi connectivity index (χ1n) is 8.45. The first kappa shape index (κ1) is 20.1. The van der Waals surface area contributed by atoms with Crippen LogP contribution in [0.3, 0.4) is 0 Å². The normalized spacial score (nSPS) is 9.74. The smallest absolute Gasteiger partial charge is 0.319 e. The molecule has 3 rings (SSSR count). The van der Waals surface area contributed by atoms with Crippen LogP contribution in [0, 0.1) is 5.82 Å². The van der Waals surface area contributed by atoms with Crippen molar-refractivity contribution < 1.29 is 14.3 Å². The molecule has 140 valence electrons.